The minimum absolute atomic E-state index is 0.0434. The number of aliphatic hydroxyl groups is 2. The summed E-state index contributed by atoms with van der Waals surface area (Å²) in [6.07, 6.45) is 0.859. The van der Waals surface area contributed by atoms with Gasteiger partial charge in [0.2, 0.25) is 5.89 Å². The van der Waals surface area contributed by atoms with Gasteiger partial charge in [-0.1, -0.05) is 54.6 Å². The molecule has 0 bridgehead atoms. The maximum absolute atomic E-state index is 10.1. The Labute approximate surface area is 235 Å². The molecule has 39 heavy (non-hydrogen) atoms. The number of nitrogen functional groups attached to an aromatic ring is 1. The molecule has 4 rings (SSSR count). The number of aryl methyl sites for hydroxylation is 2. The Hall–Kier alpha value is -3.86. The molecule has 2 aromatic carbocycles. The molecule has 0 saturated carbocycles. The third-order valence-electron chi connectivity index (χ3n) is 6.17. The quantitative estimate of drug-likeness (QED) is 0.213. The number of rotatable bonds is 10. The maximum atomic E-state index is 10.1. The summed E-state index contributed by atoms with van der Waals surface area (Å²) in [4.78, 5) is 9.07. The lowest BCUT2D eigenvalue weighted by Gasteiger charge is -2.13. The molecule has 1 atom stereocenters. The zero-order valence-electron chi connectivity index (χ0n) is 21.2. The van der Waals surface area contributed by atoms with Crippen molar-refractivity contribution in [1.82, 2.24) is 9.97 Å². The molecule has 4 N–H and O–H groups in total. The Bertz CT molecular complexity index is 1540. The summed E-state index contributed by atoms with van der Waals surface area (Å²) in [7, 11) is 0. The van der Waals surface area contributed by atoms with E-state index in [0.717, 1.165) is 22.6 Å². The molecule has 2 heterocycles. The second-order valence-corrected chi connectivity index (χ2v) is 10.2. The van der Waals surface area contributed by atoms with Crippen LogP contribution in [0.2, 0.25) is 5.02 Å². The number of aliphatic hydroxyl groups excluding tert-OH is 2. The molecule has 0 fully saturated rings. The zero-order valence-corrected chi connectivity index (χ0v) is 22.8. The molecule has 0 saturated heterocycles. The van der Waals surface area contributed by atoms with Crippen LogP contribution in [-0.4, -0.2) is 32.9 Å². The number of pyridine rings is 1. The summed E-state index contributed by atoms with van der Waals surface area (Å²) in [5.41, 5.74) is 10.2. The Balaban J connectivity index is 1.65. The van der Waals surface area contributed by atoms with Gasteiger partial charge in [0.15, 0.2) is 0 Å². The van der Waals surface area contributed by atoms with Crippen molar-refractivity contribution in [2.75, 3.05) is 12.3 Å². The first kappa shape index (κ1) is 28.2. The van der Waals surface area contributed by atoms with E-state index in [0.29, 0.717) is 52.1 Å². The Morgan fingerprint density at radius 1 is 1.03 bits per heavy atom. The van der Waals surface area contributed by atoms with Crippen LogP contribution in [0.4, 0.5) is 5.82 Å². The fourth-order valence-corrected chi connectivity index (χ4v) is 5.16. The fraction of sp³-hybridized carbons (Fsp3) is 0.241. The van der Waals surface area contributed by atoms with Gasteiger partial charge in [0, 0.05) is 28.3 Å². The predicted molar refractivity (Wildman–Crippen MR) is 151 cm³/mol. The van der Waals surface area contributed by atoms with Crippen LogP contribution in [0.5, 0.6) is 0 Å². The van der Waals surface area contributed by atoms with E-state index >= 15 is 0 Å². The van der Waals surface area contributed by atoms with Gasteiger partial charge in [0.05, 0.1) is 24.0 Å². The third kappa shape index (κ3) is 6.42. The van der Waals surface area contributed by atoms with Crippen molar-refractivity contribution in [2.45, 2.75) is 43.1 Å². The predicted octanol–water partition coefficient (Wildman–Crippen LogP) is 5.52. The number of nitrogens with two attached hydrogens (primary N) is 1. The van der Waals surface area contributed by atoms with Gasteiger partial charge in [0.25, 0.3) is 0 Å². The molecule has 0 aliphatic rings. The average molecular weight is 560 g/mol. The highest BCUT2D eigenvalue weighted by molar-refractivity contribution is 7.98. The van der Waals surface area contributed by atoms with Crippen LogP contribution in [0.1, 0.15) is 41.5 Å². The first-order chi connectivity index (χ1) is 18.9. The van der Waals surface area contributed by atoms with Crippen molar-refractivity contribution in [3.8, 4) is 34.7 Å². The lowest BCUT2D eigenvalue weighted by atomic mass is 9.95. The van der Waals surface area contributed by atoms with Gasteiger partial charge < -0.3 is 20.4 Å². The Morgan fingerprint density at radius 2 is 1.69 bits per heavy atom. The zero-order chi connectivity index (χ0) is 27.9. The van der Waals surface area contributed by atoms with Crippen LogP contribution >= 0.6 is 23.4 Å². The minimum atomic E-state index is -0.778. The van der Waals surface area contributed by atoms with E-state index in [1.807, 2.05) is 43.3 Å². The highest BCUT2D eigenvalue weighted by Crippen LogP contribution is 2.37. The number of nitriles is 2. The van der Waals surface area contributed by atoms with Crippen LogP contribution < -0.4 is 5.73 Å². The number of thioether (sulfide) groups is 1. The number of aromatic nitrogens is 2. The number of anilines is 1. The third-order valence-corrected chi connectivity index (χ3v) is 7.41. The summed E-state index contributed by atoms with van der Waals surface area (Å²) >= 11 is 7.31. The maximum Gasteiger partial charge on any atom is 0.226 e. The van der Waals surface area contributed by atoms with E-state index in [2.05, 4.69) is 22.1 Å². The van der Waals surface area contributed by atoms with E-state index < -0.39 is 6.10 Å². The first-order valence-corrected chi connectivity index (χ1v) is 13.6. The second-order valence-electron chi connectivity index (χ2n) is 8.76. The Morgan fingerprint density at radius 3 is 2.31 bits per heavy atom. The van der Waals surface area contributed by atoms with Gasteiger partial charge in [-0.3, -0.25) is 0 Å². The Kier molecular flexibility index (Phi) is 9.23. The lowest BCUT2D eigenvalue weighted by molar-refractivity contribution is 0.0886. The molecule has 0 aliphatic heterocycles. The number of halogens is 1. The number of nitrogens with zero attached hydrogens (tertiary/aromatic N) is 4. The molecule has 0 unspecified atom stereocenters. The standard InChI is InChI=1S/C29H26ClN5O3S/c1-2-25-24(34-28(38-25)19-8-10-20(30)11-9-19)16-39-29-23(14-32)26(22(13-31)27(33)35-29)18-6-3-17(4-7-18)5-12-21(37)15-36/h3-4,6-11,21,36-37H,2,5,12,15-16H2,1H3,(H2,33,35)/t21-/m1/s1. The van der Waals surface area contributed by atoms with Crippen molar-refractivity contribution in [1.29, 1.82) is 10.5 Å². The number of benzene rings is 2. The second kappa shape index (κ2) is 12.8. The van der Waals surface area contributed by atoms with Crippen molar-refractivity contribution in [3.05, 3.63) is 81.7 Å². The minimum Gasteiger partial charge on any atom is -0.441 e. The molecule has 4 aromatic rings. The molecule has 0 radical (unpaired) electrons. The lowest BCUT2D eigenvalue weighted by Crippen LogP contribution is -2.12. The van der Waals surface area contributed by atoms with Gasteiger partial charge in [0.1, 0.15) is 34.3 Å². The number of hydrogen-bond acceptors (Lipinski definition) is 9. The van der Waals surface area contributed by atoms with Crippen molar-refractivity contribution >= 4 is 29.2 Å². The summed E-state index contributed by atoms with van der Waals surface area (Å²) in [6, 6.07) is 18.9. The van der Waals surface area contributed by atoms with Crippen molar-refractivity contribution in [2.24, 2.45) is 0 Å². The van der Waals surface area contributed by atoms with E-state index in [4.69, 9.17) is 26.9 Å². The van der Waals surface area contributed by atoms with Crippen LogP contribution in [0.3, 0.4) is 0 Å². The summed E-state index contributed by atoms with van der Waals surface area (Å²) in [5.74, 6) is 1.65. The first-order valence-electron chi connectivity index (χ1n) is 12.3. The molecular weight excluding hydrogens is 534 g/mol. The van der Waals surface area contributed by atoms with Gasteiger partial charge in [-0.25, -0.2) is 9.97 Å². The van der Waals surface area contributed by atoms with E-state index in [9.17, 15) is 15.6 Å². The van der Waals surface area contributed by atoms with Crippen molar-refractivity contribution in [3.63, 3.8) is 0 Å². The molecule has 198 valence electrons. The summed E-state index contributed by atoms with van der Waals surface area (Å²) in [5, 5.41) is 39.6. The van der Waals surface area contributed by atoms with Crippen LogP contribution in [0, 0.1) is 22.7 Å². The van der Waals surface area contributed by atoms with E-state index in [1.165, 1.54) is 11.8 Å². The topological polar surface area (TPSA) is 153 Å². The average Bonchev–Trinajstić information content (AvgIpc) is 3.38. The molecule has 0 spiro atoms. The molecule has 10 heteroatoms. The van der Waals surface area contributed by atoms with E-state index in [-0.39, 0.29) is 23.6 Å². The van der Waals surface area contributed by atoms with Crippen LogP contribution in [-0.2, 0) is 18.6 Å². The van der Waals surface area contributed by atoms with E-state index in [1.54, 1.807) is 12.1 Å². The largest absolute Gasteiger partial charge is 0.441 e. The fourth-order valence-electron chi connectivity index (χ4n) is 4.08. The van der Waals surface area contributed by atoms with Crippen molar-refractivity contribution < 1.29 is 14.6 Å². The summed E-state index contributed by atoms with van der Waals surface area (Å²) < 4.78 is 5.99. The number of hydrogen-bond donors (Lipinski definition) is 3. The van der Waals surface area contributed by atoms with Gasteiger partial charge in [-0.2, -0.15) is 10.5 Å². The van der Waals surface area contributed by atoms with Gasteiger partial charge in [-0.05, 0) is 48.2 Å². The monoisotopic (exact) mass is 559 g/mol. The molecule has 0 amide bonds. The smallest absolute Gasteiger partial charge is 0.226 e. The highest BCUT2D eigenvalue weighted by atomic mass is 35.5. The highest BCUT2D eigenvalue weighted by Gasteiger charge is 2.22. The summed E-state index contributed by atoms with van der Waals surface area (Å²) in [6.45, 7) is 1.69. The number of oxazole rings is 1. The normalized spacial score (nSPS) is 11.6. The SMILES string of the molecule is CCc1oc(-c2ccc(Cl)cc2)nc1CSc1nc(N)c(C#N)c(-c2ccc(CC[C@@H](O)CO)cc2)c1C#N. The van der Waals surface area contributed by atoms with Gasteiger partial charge in [-0.15, -0.1) is 0 Å². The molecule has 0 aliphatic carbocycles. The van der Waals surface area contributed by atoms with Gasteiger partial charge >= 0.3 is 0 Å². The van der Waals surface area contributed by atoms with Crippen LogP contribution in [0.25, 0.3) is 22.6 Å². The molecule has 8 nitrogen and oxygen atoms in total. The van der Waals surface area contributed by atoms with Crippen LogP contribution in [0.15, 0.2) is 58.0 Å². The molecule has 2 aromatic heterocycles. The molecular formula is C29H26ClN5O3S.